The number of nitrogens with zero attached hydrogens (tertiary/aromatic N) is 2. The Morgan fingerprint density at radius 1 is 0.224 bits per heavy atom. The normalized spacial score (nSPS) is 11.4. The second-order valence-electron chi connectivity index (χ2n) is 15.0. The van der Waals surface area contributed by atoms with Crippen molar-refractivity contribution in [1.29, 1.82) is 0 Å². The summed E-state index contributed by atoms with van der Waals surface area (Å²) in [4.78, 5) is 10.4. The summed E-state index contributed by atoms with van der Waals surface area (Å²) in [5, 5.41) is 9.75. The summed E-state index contributed by atoms with van der Waals surface area (Å²) in [6.45, 7) is 0. The molecule has 1 heterocycles. The molecule has 270 valence electrons. The zero-order chi connectivity index (χ0) is 38.4. The average Bonchev–Trinajstić information content (AvgIpc) is 3.30. The summed E-state index contributed by atoms with van der Waals surface area (Å²) in [6, 6.07) is 78.3. The van der Waals surface area contributed by atoms with Crippen LogP contribution in [0.5, 0.6) is 0 Å². The quantitative estimate of drug-likeness (QED) is 0.159. The Morgan fingerprint density at radius 2 is 0.655 bits per heavy atom. The number of fused-ring (bicyclic) bond motifs is 4. The molecule has 0 bridgehead atoms. The maximum absolute atomic E-state index is 5.21. The molecule has 0 aliphatic heterocycles. The number of hydrogen-bond donors (Lipinski definition) is 0. The van der Waals surface area contributed by atoms with Gasteiger partial charge in [-0.05, 0) is 101 Å². The van der Waals surface area contributed by atoms with Crippen molar-refractivity contribution in [3.8, 4) is 67.3 Å². The smallest absolute Gasteiger partial charge is 0.160 e. The predicted molar refractivity (Wildman–Crippen MR) is 245 cm³/mol. The van der Waals surface area contributed by atoms with Gasteiger partial charge in [0, 0.05) is 16.7 Å². The predicted octanol–water partition coefficient (Wildman–Crippen LogP) is 15.1. The lowest BCUT2D eigenvalue weighted by molar-refractivity contribution is 1.18. The lowest BCUT2D eigenvalue weighted by Gasteiger charge is -2.18. The Bertz CT molecular complexity index is 3220. The van der Waals surface area contributed by atoms with Crippen LogP contribution in [-0.4, -0.2) is 9.97 Å². The van der Waals surface area contributed by atoms with E-state index in [4.69, 9.17) is 9.97 Å². The van der Waals surface area contributed by atoms with Crippen LogP contribution in [0.3, 0.4) is 0 Å². The first kappa shape index (κ1) is 33.6. The largest absolute Gasteiger partial charge is 0.228 e. The molecular weight excluding hydrogens is 701 g/mol. The Kier molecular flexibility index (Phi) is 8.19. The minimum absolute atomic E-state index is 0.708. The maximum Gasteiger partial charge on any atom is 0.160 e. The van der Waals surface area contributed by atoms with E-state index in [0.29, 0.717) is 5.82 Å². The molecule has 0 aliphatic rings. The van der Waals surface area contributed by atoms with Crippen LogP contribution in [0.1, 0.15) is 0 Å². The average molecular weight is 737 g/mol. The van der Waals surface area contributed by atoms with Crippen molar-refractivity contribution in [2.24, 2.45) is 0 Å². The molecule has 11 rings (SSSR count). The highest BCUT2D eigenvalue weighted by atomic mass is 14.9. The van der Waals surface area contributed by atoms with Crippen LogP contribution in [-0.2, 0) is 0 Å². The van der Waals surface area contributed by atoms with Crippen molar-refractivity contribution in [1.82, 2.24) is 9.97 Å². The van der Waals surface area contributed by atoms with E-state index in [1.54, 1.807) is 0 Å². The molecule has 0 fully saturated rings. The molecule has 0 atom stereocenters. The van der Waals surface area contributed by atoms with Gasteiger partial charge in [0.1, 0.15) is 0 Å². The number of aromatic nitrogens is 2. The van der Waals surface area contributed by atoms with Gasteiger partial charge >= 0.3 is 0 Å². The topological polar surface area (TPSA) is 25.8 Å². The third kappa shape index (κ3) is 6.00. The highest BCUT2D eigenvalue weighted by molar-refractivity contribution is 6.22. The van der Waals surface area contributed by atoms with Gasteiger partial charge in [0.25, 0.3) is 0 Å². The van der Waals surface area contributed by atoms with Crippen molar-refractivity contribution in [2.45, 2.75) is 0 Å². The zero-order valence-corrected chi connectivity index (χ0v) is 31.7. The first-order chi connectivity index (χ1) is 28.7. The summed E-state index contributed by atoms with van der Waals surface area (Å²) >= 11 is 0. The molecule has 11 aromatic rings. The van der Waals surface area contributed by atoms with Gasteiger partial charge in [-0.25, -0.2) is 9.97 Å². The van der Waals surface area contributed by atoms with Crippen molar-refractivity contribution in [2.75, 3.05) is 0 Å². The third-order valence-corrected chi connectivity index (χ3v) is 11.4. The van der Waals surface area contributed by atoms with E-state index in [1.165, 1.54) is 70.9 Å². The Balaban J connectivity index is 1.05. The van der Waals surface area contributed by atoms with Crippen molar-refractivity contribution in [3.05, 3.63) is 218 Å². The van der Waals surface area contributed by atoms with Crippen LogP contribution in [0.2, 0.25) is 0 Å². The van der Waals surface area contributed by atoms with Gasteiger partial charge in [-0.15, -0.1) is 0 Å². The monoisotopic (exact) mass is 736 g/mol. The Morgan fingerprint density at radius 3 is 1.28 bits per heavy atom. The summed E-state index contributed by atoms with van der Waals surface area (Å²) in [6.07, 6.45) is 0. The highest BCUT2D eigenvalue weighted by Crippen LogP contribution is 2.45. The fraction of sp³-hybridized carbons (Fsp3) is 0. The molecule has 0 unspecified atom stereocenters. The van der Waals surface area contributed by atoms with E-state index in [9.17, 15) is 0 Å². The molecule has 0 saturated carbocycles. The van der Waals surface area contributed by atoms with Gasteiger partial charge in [-0.3, -0.25) is 0 Å². The van der Waals surface area contributed by atoms with Crippen LogP contribution in [0, 0.1) is 0 Å². The molecule has 10 aromatic carbocycles. The van der Waals surface area contributed by atoms with Gasteiger partial charge in [0.05, 0.1) is 11.4 Å². The number of benzene rings is 10. The lowest BCUT2D eigenvalue weighted by Crippen LogP contribution is -1.96. The summed E-state index contributed by atoms with van der Waals surface area (Å²) in [5.74, 6) is 0.708. The van der Waals surface area contributed by atoms with Crippen LogP contribution in [0.4, 0.5) is 0 Å². The highest BCUT2D eigenvalue weighted by Gasteiger charge is 2.18. The van der Waals surface area contributed by atoms with E-state index in [2.05, 4.69) is 218 Å². The van der Waals surface area contributed by atoms with Crippen LogP contribution < -0.4 is 0 Å². The van der Waals surface area contributed by atoms with E-state index in [-0.39, 0.29) is 0 Å². The first-order valence-corrected chi connectivity index (χ1v) is 19.8. The minimum Gasteiger partial charge on any atom is -0.228 e. The van der Waals surface area contributed by atoms with Crippen molar-refractivity contribution >= 4 is 43.1 Å². The van der Waals surface area contributed by atoms with Gasteiger partial charge < -0.3 is 0 Å². The van der Waals surface area contributed by atoms with Gasteiger partial charge in [0.15, 0.2) is 5.82 Å². The molecule has 0 saturated heterocycles. The summed E-state index contributed by atoms with van der Waals surface area (Å²) in [7, 11) is 0. The molecule has 2 heteroatoms. The van der Waals surface area contributed by atoms with Gasteiger partial charge in [-0.1, -0.05) is 194 Å². The zero-order valence-electron chi connectivity index (χ0n) is 31.7. The number of hydrogen-bond acceptors (Lipinski definition) is 2. The van der Waals surface area contributed by atoms with Crippen LogP contribution in [0.25, 0.3) is 110 Å². The van der Waals surface area contributed by atoms with E-state index < -0.39 is 0 Å². The van der Waals surface area contributed by atoms with E-state index in [0.717, 1.165) is 33.6 Å². The van der Waals surface area contributed by atoms with Crippen LogP contribution in [0.15, 0.2) is 218 Å². The second-order valence-corrected chi connectivity index (χ2v) is 15.0. The standard InChI is InChI=1S/C56H36N2/c1-3-15-41(16-4-1)54-48-21-11-12-22-49(48)55(42-17-5-2-6-18-42)51-35-45(31-32-50(51)54)39-23-27-40(28-24-39)52-36-53(46-29-25-37-13-7-9-19-43(37)33-46)58-56(57-52)47-30-26-38-14-8-10-20-44(38)34-47/h1-36H. The molecule has 0 spiro atoms. The van der Waals surface area contributed by atoms with E-state index >= 15 is 0 Å². The third-order valence-electron chi connectivity index (χ3n) is 11.4. The number of rotatable bonds is 6. The molecule has 0 aliphatic carbocycles. The Hall–Kier alpha value is -7.68. The lowest BCUT2D eigenvalue weighted by atomic mass is 9.85. The molecule has 2 nitrogen and oxygen atoms in total. The maximum atomic E-state index is 5.21. The molecule has 0 N–H and O–H groups in total. The molecule has 0 radical (unpaired) electrons. The fourth-order valence-electron chi connectivity index (χ4n) is 8.57. The summed E-state index contributed by atoms with van der Waals surface area (Å²) < 4.78 is 0. The van der Waals surface area contributed by atoms with Crippen molar-refractivity contribution in [3.63, 3.8) is 0 Å². The van der Waals surface area contributed by atoms with Crippen LogP contribution >= 0.6 is 0 Å². The molecule has 58 heavy (non-hydrogen) atoms. The van der Waals surface area contributed by atoms with E-state index in [1.807, 2.05) is 0 Å². The molecular formula is C56H36N2. The van der Waals surface area contributed by atoms with Gasteiger partial charge in [0.2, 0.25) is 0 Å². The molecule has 0 amide bonds. The SMILES string of the molecule is c1ccc(-c2c3ccccc3c(-c3ccccc3)c3cc(-c4ccc(-c5cc(-c6ccc7ccccc7c6)nc(-c6ccc7ccccc7c6)n5)cc4)ccc23)cc1. The minimum atomic E-state index is 0.708. The second kappa shape index (κ2) is 14.1. The first-order valence-electron chi connectivity index (χ1n) is 19.8. The van der Waals surface area contributed by atoms with Crippen molar-refractivity contribution < 1.29 is 0 Å². The molecule has 1 aromatic heterocycles. The van der Waals surface area contributed by atoms with Gasteiger partial charge in [-0.2, -0.15) is 0 Å². The fourth-order valence-corrected chi connectivity index (χ4v) is 8.57. The Labute approximate surface area is 337 Å². The summed E-state index contributed by atoms with van der Waals surface area (Å²) in [5.41, 5.74) is 12.1.